The summed E-state index contributed by atoms with van der Waals surface area (Å²) >= 11 is 0. The van der Waals surface area contributed by atoms with Crippen LogP contribution in [0.3, 0.4) is 0 Å². The van der Waals surface area contributed by atoms with Crippen molar-refractivity contribution in [3.8, 4) is 11.1 Å². The lowest BCUT2D eigenvalue weighted by atomic mass is 9.51. The molecule has 1 aliphatic carbocycles. The minimum atomic E-state index is -0.193. The molecule has 2 aromatic rings. The molecule has 0 radical (unpaired) electrons. The van der Waals surface area contributed by atoms with Crippen LogP contribution in [0.15, 0.2) is 72.3 Å². The predicted molar refractivity (Wildman–Crippen MR) is 141 cm³/mol. The van der Waals surface area contributed by atoms with Gasteiger partial charge in [-0.05, 0) is 38.7 Å². The normalized spacial score (nSPS) is 34.2. The molecule has 184 valence electrons. The molecule has 3 aliphatic heterocycles. The number of benzene rings is 2. The maximum atomic E-state index is 6.47. The number of ether oxygens (including phenoxy) is 3. The summed E-state index contributed by atoms with van der Waals surface area (Å²) in [4.78, 5) is 0. The molecule has 4 aliphatic rings. The largest absolute Gasteiger partial charge is 0.376 e. The average molecular weight is 471 g/mol. The van der Waals surface area contributed by atoms with E-state index in [-0.39, 0.29) is 46.6 Å². The Morgan fingerprint density at radius 1 is 0.771 bits per heavy atom. The smallest absolute Gasteiger partial charge is 0.108 e. The second-order valence-corrected chi connectivity index (χ2v) is 12.8. The van der Waals surface area contributed by atoms with Gasteiger partial charge in [-0.15, -0.1) is 0 Å². The Bertz CT molecular complexity index is 1180. The molecule has 0 saturated carbocycles. The zero-order valence-corrected chi connectivity index (χ0v) is 21.9. The maximum absolute atomic E-state index is 6.47. The number of fused-ring (bicyclic) bond motifs is 5. The highest BCUT2D eigenvalue weighted by atomic mass is 16.6. The van der Waals surface area contributed by atoms with Crippen LogP contribution in [0.5, 0.6) is 0 Å². The summed E-state index contributed by atoms with van der Waals surface area (Å²) in [5.74, 6) is 0.195. The molecule has 6 rings (SSSR count). The van der Waals surface area contributed by atoms with E-state index in [1.54, 1.807) is 0 Å². The van der Waals surface area contributed by atoms with Crippen molar-refractivity contribution in [1.82, 2.24) is 0 Å². The molecule has 0 bridgehead atoms. The predicted octanol–water partition coefficient (Wildman–Crippen LogP) is 6.94. The van der Waals surface area contributed by atoms with Crippen molar-refractivity contribution in [1.29, 1.82) is 0 Å². The Kier molecular flexibility index (Phi) is 5.24. The lowest BCUT2D eigenvalue weighted by molar-refractivity contribution is 0.0432. The molecule has 6 unspecified atom stereocenters. The molecule has 3 saturated heterocycles. The van der Waals surface area contributed by atoms with Crippen LogP contribution >= 0.6 is 0 Å². The molecule has 0 amide bonds. The third-order valence-corrected chi connectivity index (χ3v) is 8.61. The summed E-state index contributed by atoms with van der Waals surface area (Å²) in [6.07, 6.45) is 5.61. The quantitative estimate of drug-likeness (QED) is 0.446. The zero-order valence-electron chi connectivity index (χ0n) is 21.9. The third kappa shape index (κ3) is 3.75. The van der Waals surface area contributed by atoms with Gasteiger partial charge in [0.2, 0.25) is 0 Å². The Morgan fingerprint density at radius 3 is 2.11 bits per heavy atom. The highest BCUT2D eigenvalue weighted by molar-refractivity contribution is 5.85. The monoisotopic (exact) mass is 470 g/mol. The zero-order chi connectivity index (χ0) is 24.6. The van der Waals surface area contributed by atoms with Crippen molar-refractivity contribution >= 4 is 5.57 Å². The van der Waals surface area contributed by atoms with Gasteiger partial charge in [-0.2, -0.15) is 0 Å². The first-order valence-electron chi connectivity index (χ1n) is 13.1. The molecular formula is C32H38O3. The van der Waals surface area contributed by atoms with Gasteiger partial charge in [-0.3, -0.25) is 0 Å². The van der Waals surface area contributed by atoms with E-state index >= 15 is 0 Å². The summed E-state index contributed by atoms with van der Waals surface area (Å²) in [6, 6.07) is 19.7. The van der Waals surface area contributed by atoms with Gasteiger partial charge in [-0.1, -0.05) is 108 Å². The van der Waals surface area contributed by atoms with E-state index in [0.717, 1.165) is 0 Å². The summed E-state index contributed by atoms with van der Waals surface area (Å²) in [5.41, 5.74) is 6.38. The van der Waals surface area contributed by atoms with Crippen molar-refractivity contribution in [2.24, 2.45) is 22.2 Å². The molecule has 3 heteroatoms. The van der Waals surface area contributed by atoms with Gasteiger partial charge in [0.05, 0.1) is 25.4 Å². The van der Waals surface area contributed by atoms with E-state index in [1.807, 2.05) is 0 Å². The number of epoxide rings is 2. The minimum absolute atomic E-state index is 0.0132. The third-order valence-electron chi connectivity index (χ3n) is 8.61. The van der Waals surface area contributed by atoms with Crippen molar-refractivity contribution < 1.29 is 14.2 Å². The van der Waals surface area contributed by atoms with Gasteiger partial charge in [-0.25, -0.2) is 0 Å². The molecular weight excluding hydrogens is 432 g/mol. The lowest BCUT2D eigenvalue weighted by Crippen LogP contribution is -2.51. The Balaban J connectivity index is 1.62. The van der Waals surface area contributed by atoms with Crippen molar-refractivity contribution in [2.75, 3.05) is 13.2 Å². The highest BCUT2D eigenvalue weighted by Gasteiger charge is 2.69. The van der Waals surface area contributed by atoms with E-state index in [9.17, 15) is 0 Å². The van der Waals surface area contributed by atoms with E-state index in [0.29, 0.717) is 13.2 Å². The summed E-state index contributed by atoms with van der Waals surface area (Å²) in [6.45, 7) is 15.4. The van der Waals surface area contributed by atoms with Gasteiger partial charge < -0.3 is 14.2 Å². The topological polar surface area (TPSA) is 34.3 Å². The van der Waals surface area contributed by atoms with Gasteiger partial charge in [0.25, 0.3) is 0 Å². The first-order chi connectivity index (χ1) is 16.6. The maximum Gasteiger partial charge on any atom is 0.108 e. The Morgan fingerprint density at radius 2 is 1.43 bits per heavy atom. The number of hydrogen-bond donors (Lipinski definition) is 0. The van der Waals surface area contributed by atoms with Crippen molar-refractivity contribution in [2.45, 2.75) is 66.0 Å². The van der Waals surface area contributed by atoms with E-state index in [2.05, 4.69) is 108 Å². The van der Waals surface area contributed by atoms with Crippen LogP contribution < -0.4 is 0 Å². The number of rotatable bonds is 2. The lowest BCUT2D eigenvalue weighted by Gasteiger charge is -2.51. The molecule has 2 aromatic carbocycles. The summed E-state index contributed by atoms with van der Waals surface area (Å²) in [5, 5.41) is 0. The standard InChI is InChI=1S/C32H38O3/c1-30(2,3)21-16-24(23-15-11-10-14-22(23)20-12-8-7-9-13-20)27-28-25(34-28)18-33-19-26-29(35-26)32(27,17-21)31(4,5)6/h7-17,25-29H,18-19H2,1-6H3. The molecule has 0 N–H and O–H groups in total. The second kappa shape index (κ2) is 7.90. The fraction of sp³-hybridized carbons (Fsp3) is 0.500. The van der Waals surface area contributed by atoms with E-state index in [4.69, 9.17) is 14.2 Å². The molecule has 3 fully saturated rings. The molecule has 0 aromatic heterocycles. The Labute approximate surface area is 210 Å². The molecule has 6 atom stereocenters. The first kappa shape index (κ1) is 23.2. The van der Waals surface area contributed by atoms with Crippen LogP contribution in [0.1, 0.15) is 47.1 Å². The number of hydrogen-bond acceptors (Lipinski definition) is 3. The number of allylic oxidation sites excluding steroid dienone is 2. The molecule has 35 heavy (non-hydrogen) atoms. The summed E-state index contributed by atoms with van der Waals surface area (Å²) < 4.78 is 18.9. The van der Waals surface area contributed by atoms with Crippen LogP contribution in [-0.4, -0.2) is 37.6 Å². The van der Waals surface area contributed by atoms with Crippen LogP contribution in [0, 0.1) is 22.2 Å². The molecule has 3 heterocycles. The van der Waals surface area contributed by atoms with Crippen LogP contribution in [0.4, 0.5) is 0 Å². The molecule has 3 nitrogen and oxygen atoms in total. The van der Waals surface area contributed by atoms with Crippen molar-refractivity contribution in [3.63, 3.8) is 0 Å². The highest BCUT2D eigenvalue weighted by Crippen LogP contribution is 2.66. The van der Waals surface area contributed by atoms with Crippen molar-refractivity contribution in [3.05, 3.63) is 77.9 Å². The van der Waals surface area contributed by atoms with E-state index < -0.39 is 0 Å². The summed E-state index contributed by atoms with van der Waals surface area (Å²) in [7, 11) is 0. The molecule has 0 spiro atoms. The Hall–Kier alpha value is -2.20. The van der Waals surface area contributed by atoms with Crippen LogP contribution in [-0.2, 0) is 14.2 Å². The minimum Gasteiger partial charge on any atom is -0.376 e. The SMILES string of the molecule is CC(C)(C)C1=CC2(C(C)(C)C)C3OC3COCC3OC3C2C(c2ccccc2-c2ccccc2)=C1. The van der Waals surface area contributed by atoms with Crippen LogP contribution in [0.25, 0.3) is 16.7 Å². The van der Waals surface area contributed by atoms with E-state index in [1.165, 1.54) is 27.8 Å². The average Bonchev–Trinajstić information content (AvgIpc) is 3.74. The fourth-order valence-electron chi connectivity index (χ4n) is 6.58. The fourth-order valence-corrected chi connectivity index (χ4v) is 6.58. The van der Waals surface area contributed by atoms with Gasteiger partial charge in [0.15, 0.2) is 0 Å². The first-order valence-corrected chi connectivity index (χ1v) is 13.1. The van der Waals surface area contributed by atoms with Crippen LogP contribution in [0.2, 0.25) is 0 Å². The van der Waals surface area contributed by atoms with Gasteiger partial charge in [0.1, 0.15) is 12.2 Å². The van der Waals surface area contributed by atoms with Gasteiger partial charge >= 0.3 is 0 Å². The van der Waals surface area contributed by atoms with Gasteiger partial charge in [0, 0.05) is 11.3 Å². The second-order valence-electron chi connectivity index (χ2n) is 12.8.